The van der Waals surface area contributed by atoms with Crippen LogP contribution in [0.25, 0.3) is 0 Å². The van der Waals surface area contributed by atoms with Gasteiger partial charge in [-0.3, -0.25) is 14.3 Å². The Bertz CT molecular complexity index is 417. The van der Waals surface area contributed by atoms with Crippen molar-refractivity contribution in [3.8, 4) is 0 Å². The molecular formula is C9H15N3O2. The maximum absolute atomic E-state index is 11.4. The Morgan fingerprint density at radius 3 is 2.64 bits per heavy atom. The Labute approximate surface area is 81.6 Å². The lowest BCUT2D eigenvalue weighted by Crippen LogP contribution is -2.33. The molecule has 5 heteroatoms. The second kappa shape index (κ2) is 4.23. The summed E-state index contributed by atoms with van der Waals surface area (Å²) in [7, 11) is 0. The lowest BCUT2D eigenvalue weighted by molar-refractivity contribution is 0.533. The number of nitrogens with zero attached hydrogens (tertiary/aromatic N) is 1. The molecule has 1 rings (SSSR count). The number of aromatic nitrogens is 2. The van der Waals surface area contributed by atoms with Gasteiger partial charge in [0, 0.05) is 24.2 Å². The van der Waals surface area contributed by atoms with Gasteiger partial charge in [-0.15, -0.1) is 0 Å². The summed E-state index contributed by atoms with van der Waals surface area (Å²) in [5, 5.41) is 0. The summed E-state index contributed by atoms with van der Waals surface area (Å²) in [6.45, 7) is 4.20. The van der Waals surface area contributed by atoms with Gasteiger partial charge in [-0.1, -0.05) is 0 Å². The van der Waals surface area contributed by atoms with Crippen molar-refractivity contribution < 1.29 is 0 Å². The molecule has 5 nitrogen and oxygen atoms in total. The fraction of sp³-hybridized carbons (Fsp3) is 0.556. The number of hydrogen-bond donors (Lipinski definition) is 2. The van der Waals surface area contributed by atoms with E-state index in [1.54, 1.807) is 4.57 Å². The van der Waals surface area contributed by atoms with E-state index in [0.717, 1.165) is 0 Å². The van der Waals surface area contributed by atoms with Gasteiger partial charge in [0.1, 0.15) is 0 Å². The van der Waals surface area contributed by atoms with Crippen LogP contribution in [0.2, 0.25) is 0 Å². The maximum Gasteiger partial charge on any atom is 0.328 e. The number of nitrogens with two attached hydrogens (primary N) is 1. The second-order valence-electron chi connectivity index (χ2n) is 3.43. The number of H-pyrrole nitrogens is 1. The predicted octanol–water partition coefficient (Wildman–Crippen LogP) is -0.381. The molecule has 0 saturated heterocycles. The molecule has 3 N–H and O–H groups in total. The quantitative estimate of drug-likeness (QED) is 0.693. The Balaban J connectivity index is 3.36. The standard InChI is InChI=1S/C9H15N3O2/c1-6(2)12-7(3-4-10)5-8(13)11-9(12)14/h5-6H,3-4,10H2,1-2H3,(H,11,13,14). The van der Waals surface area contributed by atoms with Crippen molar-refractivity contribution in [2.75, 3.05) is 6.54 Å². The van der Waals surface area contributed by atoms with Gasteiger partial charge < -0.3 is 5.73 Å². The Morgan fingerprint density at radius 2 is 2.14 bits per heavy atom. The van der Waals surface area contributed by atoms with Crippen LogP contribution in [0.1, 0.15) is 25.6 Å². The summed E-state index contributed by atoms with van der Waals surface area (Å²) in [6, 6.07) is 1.45. The first kappa shape index (κ1) is 10.7. The fourth-order valence-corrected chi connectivity index (χ4v) is 1.46. The molecule has 0 fully saturated rings. The third kappa shape index (κ3) is 2.11. The van der Waals surface area contributed by atoms with Crippen molar-refractivity contribution in [2.45, 2.75) is 26.3 Å². The first-order valence-corrected chi connectivity index (χ1v) is 4.61. The van der Waals surface area contributed by atoms with Crippen LogP contribution < -0.4 is 17.0 Å². The maximum atomic E-state index is 11.4. The molecule has 0 radical (unpaired) electrons. The molecule has 78 valence electrons. The minimum Gasteiger partial charge on any atom is -0.330 e. The Hall–Kier alpha value is -1.36. The first-order chi connectivity index (χ1) is 6.56. The summed E-state index contributed by atoms with van der Waals surface area (Å²) in [4.78, 5) is 24.7. The summed E-state index contributed by atoms with van der Waals surface area (Å²) < 4.78 is 1.55. The van der Waals surface area contributed by atoms with Crippen LogP contribution in [0.5, 0.6) is 0 Å². The van der Waals surface area contributed by atoms with Gasteiger partial charge in [-0.2, -0.15) is 0 Å². The van der Waals surface area contributed by atoms with E-state index in [-0.39, 0.29) is 17.3 Å². The van der Waals surface area contributed by atoms with Crippen LogP contribution in [0, 0.1) is 0 Å². The van der Waals surface area contributed by atoms with E-state index >= 15 is 0 Å². The van der Waals surface area contributed by atoms with E-state index in [1.807, 2.05) is 13.8 Å². The molecule has 0 bridgehead atoms. The Kier molecular flexibility index (Phi) is 3.24. The van der Waals surface area contributed by atoms with Crippen LogP contribution >= 0.6 is 0 Å². The average Bonchev–Trinajstić information content (AvgIpc) is 2.01. The molecule has 0 atom stereocenters. The molecule has 1 heterocycles. The summed E-state index contributed by atoms with van der Waals surface area (Å²) in [6.07, 6.45) is 0.539. The van der Waals surface area contributed by atoms with Crippen molar-refractivity contribution in [1.29, 1.82) is 0 Å². The highest BCUT2D eigenvalue weighted by Crippen LogP contribution is 2.03. The zero-order valence-electron chi connectivity index (χ0n) is 8.41. The van der Waals surface area contributed by atoms with Crippen LogP contribution in [-0.4, -0.2) is 16.1 Å². The Morgan fingerprint density at radius 1 is 1.50 bits per heavy atom. The van der Waals surface area contributed by atoms with Crippen LogP contribution in [0.3, 0.4) is 0 Å². The van der Waals surface area contributed by atoms with Crippen molar-refractivity contribution in [2.24, 2.45) is 5.73 Å². The van der Waals surface area contributed by atoms with Crippen molar-refractivity contribution in [3.63, 3.8) is 0 Å². The molecule has 0 amide bonds. The third-order valence-electron chi connectivity index (χ3n) is 1.97. The van der Waals surface area contributed by atoms with E-state index < -0.39 is 0 Å². The molecule has 0 spiro atoms. The molecule has 1 aromatic heterocycles. The highest BCUT2D eigenvalue weighted by atomic mass is 16.2. The molecule has 0 aliphatic heterocycles. The van der Waals surface area contributed by atoms with Crippen molar-refractivity contribution in [3.05, 3.63) is 32.6 Å². The lowest BCUT2D eigenvalue weighted by atomic mass is 10.2. The molecule has 0 aromatic carbocycles. The van der Waals surface area contributed by atoms with Crippen molar-refractivity contribution in [1.82, 2.24) is 9.55 Å². The van der Waals surface area contributed by atoms with Crippen LogP contribution in [0.15, 0.2) is 15.7 Å². The molecule has 1 aromatic rings. The first-order valence-electron chi connectivity index (χ1n) is 4.61. The molecule has 14 heavy (non-hydrogen) atoms. The minimum absolute atomic E-state index is 0.0286. The predicted molar refractivity (Wildman–Crippen MR) is 54.5 cm³/mol. The van der Waals surface area contributed by atoms with Crippen molar-refractivity contribution >= 4 is 0 Å². The van der Waals surface area contributed by atoms with Gasteiger partial charge in [0.25, 0.3) is 5.56 Å². The summed E-state index contributed by atoms with van der Waals surface area (Å²) in [5.74, 6) is 0. The van der Waals surface area contributed by atoms with E-state index in [4.69, 9.17) is 5.73 Å². The van der Waals surface area contributed by atoms with E-state index in [1.165, 1.54) is 6.07 Å². The normalized spacial score (nSPS) is 10.9. The molecule has 0 aliphatic rings. The third-order valence-corrected chi connectivity index (χ3v) is 1.97. The van der Waals surface area contributed by atoms with E-state index in [0.29, 0.717) is 18.7 Å². The van der Waals surface area contributed by atoms with Crippen LogP contribution in [0.4, 0.5) is 0 Å². The zero-order chi connectivity index (χ0) is 10.7. The zero-order valence-corrected chi connectivity index (χ0v) is 8.41. The fourth-order valence-electron chi connectivity index (χ4n) is 1.46. The summed E-state index contributed by atoms with van der Waals surface area (Å²) in [5.41, 5.74) is 5.36. The van der Waals surface area contributed by atoms with Gasteiger partial charge in [0.05, 0.1) is 0 Å². The molecular weight excluding hydrogens is 182 g/mol. The molecule has 0 unspecified atom stereocenters. The summed E-state index contributed by atoms with van der Waals surface area (Å²) >= 11 is 0. The van der Waals surface area contributed by atoms with Gasteiger partial charge >= 0.3 is 5.69 Å². The largest absolute Gasteiger partial charge is 0.330 e. The van der Waals surface area contributed by atoms with Gasteiger partial charge in [0.2, 0.25) is 0 Å². The lowest BCUT2D eigenvalue weighted by Gasteiger charge is -2.14. The number of nitrogens with one attached hydrogen (secondary N) is 1. The number of aromatic amines is 1. The SMILES string of the molecule is CC(C)n1c(CCN)cc(=O)[nH]c1=O. The van der Waals surface area contributed by atoms with Gasteiger partial charge in [-0.25, -0.2) is 4.79 Å². The van der Waals surface area contributed by atoms with E-state index in [2.05, 4.69) is 4.98 Å². The topological polar surface area (TPSA) is 80.9 Å². The van der Waals surface area contributed by atoms with Crippen LogP contribution in [-0.2, 0) is 6.42 Å². The van der Waals surface area contributed by atoms with Gasteiger partial charge in [0.15, 0.2) is 0 Å². The molecule has 0 saturated carbocycles. The number of hydrogen-bond acceptors (Lipinski definition) is 3. The highest BCUT2D eigenvalue weighted by molar-refractivity contribution is 5.03. The smallest absolute Gasteiger partial charge is 0.328 e. The monoisotopic (exact) mass is 197 g/mol. The molecule has 0 aliphatic carbocycles. The number of rotatable bonds is 3. The van der Waals surface area contributed by atoms with E-state index in [9.17, 15) is 9.59 Å². The van der Waals surface area contributed by atoms with Gasteiger partial charge in [-0.05, 0) is 20.4 Å². The average molecular weight is 197 g/mol. The minimum atomic E-state index is -0.365. The highest BCUT2D eigenvalue weighted by Gasteiger charge is 2.07. The second-order valence-corrected chi connectivity index (χ2v) is 3.43.